The highest BCUT2D eigenvalue weighted by molar-refractivity contribution is 6.31. The van der Waals surface area contributed by atoms with Crippen LogP contribution >= 0.6 is 36.4 Å². The molecule has 37 heavy (non-hydrogen) atoms. The zero-order valence-electron chi connectivity index (χ0n) is 19.8. The van der Waals surface area contributed by atoms with E-state index < -0.39 is 17.2 Å². The summed E-state index contributed by atoms with van der Waals surface area (Å²) in [5, 5.41) is 4.42. The molecule has 1 aliphatic heterocycles. The quantitative estimate of drug-likeness (QED) is 0.323. The van der Waals surface area contributed by atoms with Crippen molar-refractivity contribution in [3.8, 4) is 5.75 Å². The molecular weight excluding hydrogens is 545 g/mol. The number of hydrogen-bond donors (Lipinski definition) is 2. The Hall–Kier alpha value is -2.62. The van der Waals surface area contributed by atoms with Crippen LogP contribution < -0.4 is 15.6 Å². The lowest BCUT2D eigenvalue weighted by Crippen LogP contribution is -2.42. The summed E-state index contributed by atoms with van der Waals surface area (Å²) in [6.07, 6.45) is 3.66. The number of fused-ring (bicyclic) bond motifs is 1. The van der Waals surface area contributed by atoms with Crippen molar-refractivity contribution in [1.29, 1.82) is 0 Å². The fourth-order valence-corrected chi connectivity index (χ4v) is 4.55. The van der Waals surface area contributed by atoms with E-state index in [-0.39, 0.29) is 47.8 Å². The number of hydrogen-bond acceptors (Lipinski definition) is 4. The van der Waals surface area contributed by atoms with Crippen molar-refractivity contribution >= 4 is 47.3 Å². The Labute approximate surface area is 230 Å². The third-order valence-corrected chi connectivity index (χ3v) is 6.61. The van der Waals surface area contributed by atoms with E-state index in [0.717, 1.165) is 61.3 Å². The van der Waals surface area contributed by atoms with E-state index >= 15 is 0 Å². The average molecular weight is 572 g/mol. The van der Waals surface area contributed by atoms with Gasteiger partial charge >= 0.3 is 0 Å². The summed E-state index contributed by atoms with van der Waals surface area (Å²) < 4.78 is 34.0. The molecule has 2 aromatic carbocycles. The number of nitrogens with zero attached hydrogens (tertiary/aromatic N) is 2. The third kappa shape index (κ3) is 6.64. The van der Waals surface area contributed by atoms with Gasteiger partial charge in [-0.25, -0.2) is 8.78 Å². The zero-order chi connectivity index (χ0) is 24.4. The number of benzene rings is 2. The average Bonchev–Trinajstić information content (AvgIpc) is 3.25. The highest BCUT2D eigenvalue weighted by Crippen LogP contribution is 2.24. The van der Waals surface area contributed by atoms with Gasteiger partial charge < -0.3 is 19.6 Å². The minimum Gasteiger partial charge on any atom is -0.487 e. The molecule has 4 aromatic rings. The Morgan fingerprint density at radius 3 is 2.51 bits per heavy atom. The summed E-state index contributed by atoms with van der Waals surface area (Å²) in [4.78, 5) is 18.6. The molecular formula is C26H27Cl3F2N4O2. The van der Waals surface area contributed by atoms with Gasteiger partial charge in [0.15, 0.2) is 0 Å². The van der Waals surface area contributed by atoms with Crippen LogP contribution in [0.5, 0.6) is 5.75 Å². The minimum absolute atomic E-state index is 0. The summed E-state index contributed by atoms with van der Waals surface area (Å²) in [5.74, 6) is -1.23. The van der Waals surface area contributed by atoms with Gasteiger partial charge in [-0.2, -0.15) is 0 Å². The molecule has 2 N–H and O–H groups in total. The molecule has 5 rings (SSSR count). The topological polar surface area (TPSA) is 62.3 Å². The predicted octanol–water partition coefficient (Wildman–Crippen LogP) is 5.14. The van der Waals surface area contributed by atoms with E-state index in [1.807, 2.05) is 12.1 Å². The van der Waals surface area contributed by atoms with Crippen LogP contribution in [0.4, 0.5) is 8.78 Å². The van der Waals surface area contributed by atoms with Crippen molar-refractivity contribution in [2.24, 2.45) is 0 Å². The third-order valence-electron chi connectivity index (χ3n) is 6.26. The van der Waals surface area contributed by atoms with Crippen LogP contribution in [0.15, 0.2) is 59.7 Å². The van der Waals surface area contributed by atoms with Gasteiger partial charge in [-0.15, -0.1) is 24.8 Å². The molecule has 0 amide bonds. The molecule has 1 aliphatic rings. The lowest BCUT2D eigenvalue weighted by Gasteiger charge is -2.26. The van der Waals surface area contributed by atoms with Crippen molar-refractivity contribution < 1.29 is 13.5 Å². The van der Waals surface area contributed by atoms with Crippen molar-refractivity contribution in [2.45, 2.75) is 19.7 Å². The zero-order valence-corrected chi connectivity index (χ0v) is 22.2. The highest BCUT2D eigenvalue weighted by Gasteiger charge is 2.14. The maximum atomic E-state index is 13.9. The van der Waals surface area contributed by atoms with Crippen molar-refractivity contribution in [1.82, 2.24) is 19.8 Å². The van der Waals surface area contributed by atoms with E-state index in [0.29, 0.717) is 6.54 Å². The maximum absolute atomic E-state index is 13.9. The Kier molecular flexibility index (Phi) is 9.98. The second kappa shape index (κ2) is 12.8. The Balaban J connectivity index is 0.00000190. The van der Waals surface area contributed by atoms with Crippen LogP contribution in [0.3, 0.4) is 0 Å². The number of aromatic amines is 1. The molecule has 1 saturated heterocycles. The molecule has 0 radical (unpaired) electrons. The first kappa shape index (κ1) is 28.9. The summed E-state index contributed by atoms with van der Waals surface area (Å²) in [6, 6.07) is 10.9. The lowest BCUT2D eigenvalue weighted by atomic mass is 10.1. The normalized spacial score (nSPS) is 13.7. The molecule has 0 unspecified atom stereocenters. The van der Waals surface area contributed by atoms with Crippen molar-refractivity contribution in [3.63, 3.8) is 0 Å². The predicted molar refractivity (Wildman–Crippen MR) is 146 cm³/mol. The fraction of sp³-hybridized carbons (Fsp3) is 0.269. The molecule has 6 nitrogen and oxygen atoms in total. The number of piperazine rings is 1. The summed E-state index contributed by atoms with van der Waals surface area (Å²) in [7, 11) is 0. The number of H-pyrrole nitrogens is 1. The van der Waals surface area contributed by atoms with Gasteiger partial charge in [-0.05, 0) is 41.5 Å². The largest absolute Gasteiger partial charge is 0.487 e. The fourth-order valence-electron chi connectivity index (χ4n) is 4.32. The van der Waals surface area contributed by atoms with E-state index in [9.17, 15) is 13.6 Å². The van der Waals surface area contributed by atoms with Gasteiger partial charge in [0.25, 0.3) is 5.56 Å². The molecule has 11 heteroatoms. The number of pyridine rings is 1. The first-order valence-corrected chi connectivity index (χ1v) is 11.8. The van der Waals surface area contributed by atoms with Crippen LogP contribution in [0.2, 0.25) is 5.02 Å². The van der Waals surface area contributed by atoms with Gasteiger partial charge in [-0.3, -0.25) is 9.69 Å². The van der Waals surface area contributed by atoms with E-state index in [1.165, 1.54) is 16.2 Å². The second-order valence-corrected chi connectivity index (χ2v) is 9.05. The maximum Gasteiger partial charge on any atom is 0.273 e. The Morgan fingerprint density at radius 1 is 0.973 bits per heavy atom. The van der Waals surface area contributed by atoms with Gasteiger partial charge in [0.1, 0.15) is 29.0 Å². The lowest BCUT2D eigenvalue weighted by molar-refractivity contribution is 0.234. The van der Waals surface area contributed by atoms with Gasteiger partial charge in [-0.1, -0.05) is 17.7 Å². The Morgan fingerprint density at radius 2 is 1.76 bits per heavy atom. The van der Waals surface area contributed by atoms with Crippen LogP contribution in [0.1, 0.15) is 16.7 Å². The second-order valence-electron chi connectivity index (χ2n) is 8.67. The van der Waals surface area contributed by atoms with Crippen LogP contribution in [-0.2, 0) is 19.7 Å². The molecule has 198 valence electrons. The molecule has 0 saturated carbocycles. The summed E-state index contributed by atoms with van der Waals surface area (Å²) in [5.41, 5.74) is 3.02. The summed E-state index contributed by atoms with van der Waals surface area (Å²) in [6.45, 7) is 5.07. The van der Waals surface area contributed by atoms with E-state index in [1.54, 1.807) is 12.3 Å². The monoisotopic (exact) mass is 570 g/mol. The number of aromatic nitrogens is 2. The standard InChI is InChI=1S/C26H25ClF2N4O2.2ClH/c27-25-24(35-16-18-2-3-20(28)12-22(18)29)5-8-33(26(25)34)14-17-1-4-23-21(11-17)19(13-31-23)15-32-9-6-30-7-10-32;;/h1-5,8,11-13,30-31H,6-7,9-10,14-16H2;2*1H. The Bertz CT molecular complexity index is 1420. The molecule has 0 bridgehead atoms. The molecule has 0 atom stereocenters. The van der Waals surface area contributed by atoms with Crippen molar-refractivity contribution in [3.05, 3.63) is 98.6 Å². The van der Waals surface area contributed by atoms with E-state index in [2.05, 4.69) is 27.5 Å². The van der Waals surface area contributed by atoms with Gasteiger partial charge in [0, 0.05) is 67.7 Å². The van der Waals surface area contributed by atoms with Crippen molar-refractivity contribution in [2.75, 3.05) is 26.2 Å². The summed E-state index contributed by atoms with van der Waals surface area (Å²) >= 11 is 6.28. The van der Waals surface area contributed by atoms with Crippen LogP contribution in [0.25, 0.3) is 10.9 Å². The SMILES string of the molecule is Cl.Cl.O=c1c(Cl)c(OCc2ccc(F)cc2F)ccn1Cc1ccc2[nH]cc(CN3CCNCC3)c2c1. The highest BCUT2D eigenvalue weighted by atomic mass is 35.5. The number of rotatable bonds is 7. The first-order chi connectivity index (χ1) is 17.0. The minimum atomic E-state index is -0.717. The van der Waals surface area contributed by atoms with Crippen LogP contribution in [-0.4, -0.2) is 40.6 Å². The van der Waals surface area contributed by atoms with E-state index in [4.69, 9.17) is 16.3 Å². The van der Waals surface area contributed by atoms with Crippen LogP contribution in [0, 0.1) is 11.6 Å². The number of nitrogens with one attached hydrogen (secondary N) is 2. The number of ether oxygens (including phenoxy) is 1. The molecule has 2 aromatic heterocycles. The smallest absolute Gasteiger partial charge is 0.273 e. The molecule has 1 fully saturated rings. The number of halogens is 5. The first-order valence-electron chi connectivity index (χ1n) is 11.5. The van der Waals surface area contributed by atoms with Gasteiger partial charge in [0.05, 0.1) is 6.54 Å². The molecule has 0 spiro atoms. The van der Waals surface area contributed by atoms with Gasteiger partial charge in [0.2, 0.25) is 0 Å². The molecule has 3 heterocycles. The molecule has 0 aliphatic carbocycles.